The van der Waals surface area contributed by atoms with E-state index in [-0.39, 0.29) is 5.91 Å². The molecule has 4 rings (SSSR count). The van der Waals surface area contributed by atoms with E-state index in [0.29, 0.717) is 23.7 Å². The second kappa shape index (κ2) is 9.07. The Labute approximate surface area is 175 Å². The van der Waals surface area contributed by atoms with E-state index in [9.17, 15) is 9.59 Å². The molecule has 0 spiro atoms. The Hall–Kier alpha value is -3.22. The summed E-state index contributed by atoms with van der Waals surface area (Å²) in [6, 6.07) is 8.36. The van der Waals surface area contributed by atoms with Crippen LogP contribution in [0, 0.1) is 5.92 Å². The molecule has 7 nitrogen and oxygen atoms in total. The van der Waals surface area contributed by atoms with Crippen molar-refractivity contribution in [3.05, 3.63) is 48.3 Å². The van der Waals surface area contributed by atoms with E-state index in [4.69, 9.17) is 5.73 Å². The number of rotatable bonds is 7. The molecule has 0 unspecified atom stereocenters. The molecule has 1 aromatic carbocycles. The zero-order valence-corrected chi connectivity index (χ0v) is 16.9. The van der Waals surface area contributed by atoms with E-state index in [1.165, 1.54) is 32.1 Å². The summed E-state index contributed by atoms with van der Waals surface area (Å²) in [6.07, 6.45) is 11.1. The minimum absolute atomic E-state index is 0.301. The van der Waals surface area contributed by atoms with Gasteiger partial charge in [-0.05, 0) is 49.1 Å². The quantitative estimate of drug-likeness (QED) is 0.557. The van der Waals surface area contributed by atoms with Crippen molar-refractivity contribution in [3.63, 3.8) is 0 Å². The Morgan fingerprint density at radius 2 is 1.90 bits per heavy atom. The SMILES string of the molecule is NC(=O)[C@H](CCC1CCCCC1)NC(=O)c1ccc2nc(-c3ccncc3)[nH]c2c1. The van der Waals surface area contributed by atoms with Crippen LogP contribution in [0.15, 0.2) is 42.7 Å². The molecule has 1 saturated carbocycles. The molecule has 1 atom stereocenters. The number of hydrogen-bond donors (Lipinski definition) is 3. The molecule has 2 amide bonds. The molecule has 0 saturated heterocycles. The maximum atomic E-state index is 12.8. The number of aromatic amines is 1. The van der Waals surface area contributed by atoms with Gasteiger partial charge in [0.05, 0.1) is 11.0 Å². The fourth-order valence-electron chi connectivity index (χ4n) is 4.20. The molecule has 1 fully saturated rings. The number of nitrogens with two attached hydrogens (primary N) is 1. The van der Waals surface area contributed by atoms with Gasteiger partial charge >= 0.3 is 0 Å². The molecular formula is C23H27N5O2. The number of carbonyl (C=O) groups excluding carboxylic acids is 2. The van der Waals surface area contributed by atoms with Crippen molar-refractivity contribution in [1.82, 2.24) is 20.3 Å². The van der Waals surface area contributed by atoms with Gasteiger partial charge in [-0.25, -0.2) is 4.98 Å². The lowest BCUT2D eigenvalue weighted by Gasteiger charge is -2.23. The van der Waals surface area contributed by atoms with Crippen LogP contribution in [0.1, 0.15) is 55.3 Å². The Kier molecular flexibility index (Phi) is 6.07. The number of H-pyrrole nitrogens is 1. The maximum absolute atomic E-state index is 12.8. The zero-order chi connectivity index (χ0) is 20.9. The summed E-state index contributed by atoms with van der Waals surface area (Å²) in [5, 5.41) is 2.82. The van der Waals surface area contributed by atoms with Crippen LogP contribution < -0.4 is 11.1 Å². The number of amides is 2. The molecule has 1 aliphatic rings. The highest BCUT2D eigenvalue weighted by Crippen LogP contribution is 2.28. The third-order valence-corrected chi connectivity index (χ3v) is 5.93. The van der Waals surface area contributed by atoms with Gasteiger partial charge in [-0.2, -0.15) is 0 Å². The predicted octanol–water partition coefficient (Wildman–Crippen LogP) is 3.57. The lowest BCUT2D eigenvalue weighted by Crippen LogP contribution is -2.44. The summed E-state index contributed by atoms with van der Waals surface area (Å²) in [7, 11) is 0. The summed E-state index contributed by atoms with van der Waals surface area (Å²) in [4.78, 5) is 36.5. The van der Waals surface area contributed by atoms with Crippen LogP contribution in [0.25, 0.3) is 22.4 Å². The normalized spacial score (nSPS) is 15.7. The number of carbonyl (C=O) groups is 2. The fourth-order valence-corrected chi connectivity index (χ4v) is 4.20. The van der Waals surface area contributed by atoms with E-state index < -0.39 is 11.9 Å². The Bertz CT molecular complexity index is 1020. The highest BCUT2D eigenvalue weighted by Gasteiger charge is 2.22. The van der Waals surface area contributed by atoms with Crippen LogP contribution in [0.5, 0.6) is 0 Å². The van der Waals surface area contributed by atoms with Crippen molar-refractivity contribution >= 4 is 22.8 Å². The van der Waals surface area contributed by atoms with Gasteiger partial charge in [-0.3, -0.25) is 14.6 Å². The summed E-state index contributed by atoms with van der Waals surface area (Å²) < 4.78 is 0. The molecule has 30 heavy (non-hydrogen) atoms. The third kappa shape index (κ3) is 4.67. The van der Waals surface area contributed by atoms with Gasteiger partial charge in [0, 0.05) is 23.5 Å². The number of fused-ring (bicyclic) bond motifs is 1. The van der Waals surface area contributed by atoms with Crippen molar-refractivity contribution in [3.8, 4) is 11.4 Å². The van der Waals surface area contributed by atoms with Gasteiger partial charge in [0.15, 0.2) is 0 Å². The van der Waals surface area contributed by atoms with Gasteiger partial charge in [0.2, 0.25) is 5.91 Å². The monoisotopic (exact) mass is 405 g/mol. The fraction of sp³-hybridized carbons (Fsp3) is 0.391. The highest BCUT2D eigenvalue weighted by atomic mass is 16.2. The zero-order valence-electron chi connectivity index (χ0n) is 16.9. The second-order valence-electron chi connectivity index (χ2n) is 8.06. The standard InChI is InChI=1S/C23H27N5O2/c24-21(29)19(8-6-15-4-2-1-3-5-15)28-23(30)17-7-9-18-20(14-17)27-22(26-18)16-10-12-25-13-11-16/h7,9-15,19H,1-6,8H2,(H2,24,29)(H,26,27)(H,28,30)/t19-/m0/s1. The van der Waals surface area contributed by atoms with Gasteiger partial charge in [0.25, 0.3) is 5.91 Å². The Morgan fingerprint density at radius 3 is 2.63 bits per heavy atom. The van der Waals surface area contributed by atoms with Crippen LogP contribution in [0.3, 0.4) is 0 Å². The topological polar surface area (TPSA) is 114 Å². The van der Waals surface area contributed by atoms with E-state index in [0.717, 1.165) is 23.0 Å². The first-order chi connectivity index (χ1) is 14.6. The number of aromatic nitrogens is 3. The van der Waals surface area contributed by atoms with Crippen LogP contribution in [-0.4, -0.2) is 32.8 Å². The van der Waals surface area contributed by atoms with E-state index in [2.05, 4.69) is 20.3 Å². The molecule has 3 aromatic rings. The molecule has 7 heteroatoms. The molecule has 0 radical (unpaired) electrons. The third-order valence-electron chi connectivity index (χ3n) is 5.93. The molecule has 156 valence electrons. The van der Waals surface area contributed by atoms with Gasteiger partial charge in [-0.1, -0.05) is 32.1 Å². The first-order valence-electron chi connectivity index (χ1n) is 10.6. The number of imidazole rings is 1. The Balaban J connectivity index is 1.45. The average molecular weight is 406 g/mol. The van der Waals surface area contributed by atoms with Crippen molar-refractivity contribution in [2.75, 3.05) is 0 Å². The molecule has 2 heterocycles. The van der Waals surface area contributed by atoms with Crippen molar-refractivity contribution < 1.29 is 9.59 Å². The summed E-state index contributed by atoms with van der Waals surface area (Å²) in [5.41, 5.74) is 8.47. The number of benzene rings is 1. The number of hydrogen-bond acceptors (Lipinski definition) is 4. The summed E-state index contributed by atoms with van der Waals surface area (Å²) >= 11 is 0. The van der Waals surface area contributed by atoms with Crippen molar-refractivity contribution in [1.29, 1.82) is 0 Å². The molecular weight excluding hydrogens is 378 g/mol. The summed E-state index contributed by atoms with van der Waals surface area (Å²) in [6.45, 7) is 0. The van der Waals surface area contributed by atoms with Crippen LogP contribution in [-0.2, 0) is 4.79 Å². The van der Waals surface area contributed by atoms with Crippen molar-refractivity contribution in [2.24, 2.45) is 11.7 Å². The molecule has 2 aromatic heterocycles. The molecule has 1 aliphatic carbocycles. The largest absolute Gasteiger partial charge is 0.368 e. The average Bonchev–Trinajstić information content (AvgIpc) is 3.21. The smallest absolute Gasteiger partial charge is 0.252 e. The first kappa shape index (κ1) is 20.1. The van der Waals surface area contributed by atoms with E-state index in [1.54, 1.807) is 30.6 Å². The van der Waals surface area contributed by atoms with Gasteiger partial charge in [-0.15, -0.1) is 0 Å². The number of nitrogens with one attached hydrogen (secondary N) is 2. The minimum Gasteiger partial charge on any atom is -0.368 e. The van der Waals surface area contributed by atoms with E-state index in [1.807, 2.05) is 12.1 Å². The molecule has 4 N–H and O–H groups in total. The minimum atomic E-state index is -0.649. The van der Waals surface area contributed by atoms with Gasteiger partial charge < -0.3 is 16.0 Å². The first-order valence-corrected chi connectivity index (χ1v) is 10.6. The molecule has 0 aliphatic heterocycles. The van der Waals surface area contributed by atoms with Crippen molar-refractivity contribution in [2.45, 2.75) is 51.0 Å². The number of pyridine rings is 1. The predicted molar refractivity (Wildman–Crippen MR) is 116 cm³/mol. The van der Waals surface area contributed by atoms with Crippen LogP contribution in [0.4, 0.5) is 0 Å². The molecule has 0 bridgehead atoms. The van der Waals surface area contributed by atoms with Crippen LogP contribution >= 0.6 is 0 Å². The summed E-state index contributed by atoms with van der Waals surface area (Å²) in [5.74, 6) is 0.559. The Morgan fingerprint density at radius 1 is 1.13 bits per heavy atom. The maximum Gasteiger partial charge on any atom is 0.252 e. The number of nitrogens with zero attached hydrogens (tertiary/aromatic N) is 2. The van der Waals surface area contributed by atoms with Gasteiger partial charge in [0.1, 0.15) is 11.9 Å². The lowest BCUT2D eigenvalue weighted by atomic mass is 9.85. The second-order valence-corrected chi connectivity index (χ2v) is 8.06. The number of primary amides is 1. The highest BCUT2D eigenvalue weighted by molar-refractivity contribution is 5.99. The van der Waals surface area contributed by atoms with E-state index >= 15 is 0 Å². The van der Waals surface area contributed by atoms with Crippen LogP contribution in [0.2, 0.25) is 0 Å². The lowest BCUT2D eigenvalue weighted by molar-refractivity contribution is -0.120.